The van der Waals surface area contributed by atoms with E-state index in [1.54, 1.807) is 6.07 Å². The smallest absolute Gasteiger partial charge is 0.423 e. The van der Waals surface area contributed by atoms with Crippen LogP contribution in [0.3, 0.4) is 0 Å². The Morgan fingerprint density at radius 3 is 2.25 bits per heavy atom. The SMILES string of the molecule is CCc1ccc(-c2ccc(B(O)O)s2)cc1. The standard InChI is InChI=1S/C12H13BO2S/c1-2-9-3-5-10(6-4-9)11-7-8-12(16-11)13(14)15/h3-8,14-15H,2H2,1H3. The fourth-order valence-corrected chi connectivity index (χ4v) is 2.44. The lowest BCUT2D eigenvalue weighted by Gasteiger charge is -1.99. The molecule has 2 N–H and O–H groups in total. The second-order valence-electron chi connectivity index (χ2n) is 3.63. The first-order chi connectivity index (χ1) is 7.70. The van der Waals surface area contributed by atoms with E-state index in [0.29, 0.717) is 4.78 Å². The Kier molecular flexibility index (Phi) is 3.44. The van der Waals surface area contributed by atoms with Gasteiger partial charge in [-0.3, -0.25) is 0 Å². The summed E-state index contributed by atoms with van der Waals surface area (Å²) in [5.41, 5.74) is 2.43. The molecule has 0 amide bonds. The third-order valence-electron chi connectivity index (χ3n) is 2.53. The molecule has 0 unspecified atom stereocenters. The molecular weight excluding hydrogens is 219 g/mol. The first-order valence-corrected chi connectivity index (χ1v) is 6.07. The Morgan fingerprint density at radius 1 is 1.06 bits per heavy atom. The zero-order valence-corrected chi connectivity index (χ0v) is 9.87. The monoisotopic (exact) mass is 232 g/mol. The Balaban J connectivity index is 2.28. The van der Waals surface area contributed by atoms with E-state index in [4.69, 9.17) is 10.0 Å². The van der Waals surface area contributed by atoms with Crippen LogP contribution in [0.4, 0.5) is 0 Å². The van der Waals surface area contributed by atoms with Crippen LogP contribution in [-0.2, 0) is 6.42 Å². The molecule has 1 aromatic carbocycles. The van der Waals surface area contributed by atoms with Crippen molar-refractivity contribution in [3.05, 3.63) is 42.0 Å². The van der Waals surface area contributed by atoms with E-state index in [1.165, 1.54) is 16.9 Å². The molecular formula is C12H13BO2S. The summed E-state index contributed by atoms with van der Waals surface area (Å²) in [6.07, 6.45) is 1.03. The van der Waals surface area contributed by atoms with Gasteiger partial charge in [0.2, 0.25) is 0 Å². The van der Waals surface area contributed by atoms with Gasteiger partial charge in [0.05, 0.1) is 0 Å². The van der Waals surface area contributed by atoms with Crippen molar-refractivity contribution in [2.75, 3.05) is 0 Å². The topological polar surface area (TPSA) is 40.5 Å². The zero-order valence-electron chi connectivity index (χ0n) is 9.05. The lowest BCUT2D eigenvalue weighted by molar-refractivity contribution is 0.427. The number of aryl methyl sites for hydroxylation is 1. The minimum atomic E-state index is -1.37. The minimum Gasteiger partial charge on any atom is -0.423 e. The summed E-state index contributed by atoms with van der Waals surface area (Å²) in [6.45, 7) is 2.13. The zero-order chi connectivity index (χ0) is 11.5. The lowest BCUT2D eigenvalue weighted by atomic mass is 9.90. The highest BCUT2D eigenvalue weighted by Crippen LogP contribution is 2.23. The second-order valence-corrected chi connectivity index (χ2v) is 4.74. The van der Waals surface area contributed by atoms with Gasteiger partial charge in [0.1, 0.15) is 0 Å². The number of thiophene rings is 1. The highest BCUT2D eigenvalue weighted by Gasteiger charge is 2.14. The molecule has 0 aliphatic heterocycles. The fraction of sp³-hybridized carbons (Fsp3) is 0.167. The first kappa shape index (κ1) is 11.4. The molecule has 82 valence electrons. The van der Waals surface area contributed by atoms with Gasteiger partial charge in [0.25, 0.3) is 0 Å². The Morgan fingerprint density at radius 2 is 1.75 bits per heavy atom. The van der Waals surface area contributed by atoms with Crippen LogP contribution in [0.2, 0.25) is 0 Å². The highest BCUT2D eigenvalue weighted by atomic mass is 32.1. The summed E-state index contributed by atoms with van der Waals surface area (Å²) >= 11 is 1.41. The van der Waals surface area contributed by atoms with Gasteiger partial charge in [-0.1, -0.05) is 37.3 Å². The van der Waals surface area contributed by atoms with E-state index in [9.17, 15) is 0 Å². The van der Waals surface area contributed by atoms with Crippen molar-refractivity contribution in [1.29, 1.82) is 0 Å². The van der Waals surface area contributed by atoms with Gasteiger partial charge in [-0.15, -0.1) is 11.3 Å². The molecule has 0 atom stereocenters. The van der Waals surface area contributed by atoms with E-state index in [1.807, 2.05) is 6.07 Å². The molecule has 1 heterocycles. The van der Waals surface area contributed by atoms with E-state index < -0.39 is 7.12 Å². The van der Waals surface area contributed by atoms with Crippen LogP contribution >= 0.6 is 11.3 Å². The van der Waals surface area contributed by atoms with Gasteiger partial charge in [0, 0.05) is 9.65 Å². The summed E-state index contributed by atoms with van der Waals surface area (Å²) in [4.78, 5) is 1.06. The Hall–Kier alpha value is -1.10. The Labute approximate surface area is 99.3 Å². The Bertz CT molecular complexity index is 462. The largest absolute Gasteiger partial charge is 0.499 e. The van der Waals surface area contributed by atoms with E-state index in [-0.39, 0.29) is 0 Å². The van der Waals surface area contributed by atoms with Crippen molar-refractivity contribution >= 4 is 23.2 Å². The summed E-state index contributed by atoms with van der Waals surface area (Å²) in [5.74, 6) is 0. The van der Waals surface area contributed by atoms with Crippen molar-refractivity contribution in [1.82, 2.24) is 0 Å². The normalized spacial score (nSPS) is 10.4. The number of hydrogen-bond donors (Lipinski definition) is 2. The van der Waals surface area contributed by atoms with E-state index >= 15 is 0 Å². The predicted molar refractivity (Wildman–Crippen MR) is 69.0 cm³/mol. The van der Waals surface area contributed by atoms with Crippen molar-refractivity contribution in [3.63, 3.8) is 0 Å². The molecule has 0 bridgehead atoms. The summed E-state index contributed by atoms with van der Waals surface area (Å²) in [5, 5.41) is 18.1. The molecule has 0 saturated heterocycles. The van der Waals surface area contributed by atoms with Gasteiger partial charge in [-0.25, -0.2) is 0 Å². The number of benzene rings is 1. The quantitative estimate of drug-likeness (QED) is 0.790. The van der Waals surface area contributed by atoms with Crippen LogP contribution in [0.15, 0.2) is 36.4 Å². The summed E-state index contributed by atoms with van der Waals surface area (Å²) in [7, 11) is -1.37. The first-order valence-electron chi connectivity index (χ1n) is 5.26. The number of rotatable bonds is 3. The van der Waals surface area contributed by atoms with Crippen molar-refractivity contribution < 1.29 is 10.0 Å². The van der Waals surface area contributed by atoms with Gasteiger partial charge in [-0.05, 0) is 23.6 Å². The third kappa shape index (κ3) is 2.35. The van der Waals surface area contributed by atoms with E-state index in [0.717, 1.165) is 16.9 Å². The van der Waals surface area contributed by atoms with Crippen molar-refractivity contribution in [3.8, 4) is 10.4 Å². The average molecular weight is 232 g/mol. The molecule has 4 heteroatoms. The summed E-state index contributed by atoms with van der Waals surface area (Å²) < 4.78 is 0.578. The van der Waals surface area contributed by atoms with Gasteiger partial charge < -0.3 is 10.0 Å². The second kappa shape index (κ2) is 4.83. The van der Waals surface area contributed by atoms with Crippen LogP contribution in [0.1, 0.15) is 12.5 Å². The molecule has 0 saturated carbocycles. The molecule has 16 heavy (non-hydrogen) atoms. The predicted octanol–water partition coefficient (Wildman–Crippen LogP) is 1.66. The van der Waals surface area contributed by atoms with Crippen LogP contribution in [0.5, 0.6) is 0 Å². The van der Waals surface area contributed by atoms with Crippen LogP contribution in [0.25, 0.3) is 10.4 Å². The van der Waals surface area contributed by atoms with Crippen LogP contribution in [-0.4, -0.2) is 17.2 Å². The highest BCUT2D eigenvalue weighted by molar-refractivity contribution is 7.24. The average Bonchev–Trinajstić information content (AvgIpc) is 2.78. The maximum atomic E-state index is 9.03. The molecule has 2 aromatic rings. The molecule has 2 rings (SSSR count). The maximum absolute atomic E-state index is 9.03. The molecule has 0 radical (unpaired) electrons. The molecule has 0 fully saturated rings. The fourth-order valence-electron chi connectivity index (χ4n) is 1.55. The van der Waals surface area contributed by atoms with Crippen LogP contribution in [0, 0.1) is 0 Å². The lowest BCUT2D eigenvalue weighted by Crippen LogP contribution is -2.26. The van der Waals surface area contributed by atoms with Gasteiger partial charge in [-0.2, -0.15) is 0 Å². The number of hydrogen-bond acceptors (Lipinski definition) is 3. The van der Waals surface area contributed by atoms with Crippen molar-refractivity contribution in [2.24, 2.45) is 0 Å². The van der Waals surface area contributed by atoms with Crippen LogP contribution < -0.4 is 4.78 Å². The molecule has 2 nitrogen and oxygen atoms in total. The van der Waals surface area contributed by atoms with Gasteiger partial charge >= 0.3 is 7.12 Å². The summed E-state index contributed by atoms with van der Waals surface area (Å²) in [6, 6.07) is 12.0. The maximum Gasteiger partial charge on any atom is 0.499 e. The van der Waals surface area contributed by atoms with E-state index in [2.05, 4.69) is 31.2 Å². The van der Waals surface area contributed by atoms with Gasteiger partial charge in [0.15, 0.2) is 0 Å². The molecule has 0 aliphatic carbocycles. The minimum absolute atomic E-state index is 0.578. The van der Waals surface area contributed by atoms with Crippen molar-refractivity contribution in [2.45, 2.75) is 13.3 Å². The molecule has 0 aliphatic rings. The molecule has 1 aromatic heterocycles. The molecule has 0 spiro atoms. The third-order valence-corrected chi connectivity index (χ3v) is 3.70.